The number of thiazole rings is 1. The normalized spacial score (nSPS) is 12.3. The first-order valence-electron chi connectivity index (χ1n) is 10.7. The number of fused-ring (bicyclic) bond motifs is 3. The molecular formula is C25H31N5S+2. The summed E-state index contributed by atoms with van der Waals surface area (Å²) in [7, 11) is 8.74. The summed E-state index contributed by atoms with van der Waals surface area (Å²) in [5.74, 6) is 0. The highest BCUT2D eigenvalue weighted by molar-refractivity contribution is 7.22. The summed E-state index contributed by atoms with van der Waals surface area (Å²) in [6.45, 7) is 5.33. The van der Waals surface area contributed by atoms with Crippen molar-refractivity contribution in [3.05, 3.63) is 60.7 Å². The molecule has 0 bridgehead atoms. The summed E-state index contributed by atoms with van der Waals surface area (Å²) in [4.78, 5) is 2.40. The summed E-state index contributed by atoms with van der Waals surface area (Å²) >= 11 is 1.69. The molecule has 1 heterocycles. The van der Waals surface area contributed by atoms with Gasteiger partial charge in [0, 0.05) is 17.6 Å². The summed E-state index contributed by atoms with van der Waals surface area (Å²) in [6, 6.07) is 21.2. The molecule has 0 saturated carbocycles. The van der Waals surface area contributed by atoms with Crippen molar-refractivity contribution in [2.45, 2.75) is 6.92 Å². The molecule has 0 N–H and O–H groups in total. The number of hydrogen-bond acceptors (Lipinski definition) is 4. The van der Waals surface area contributed by atoms with Crippen LogP contribution in [0.25, 0.3) is 21.0 Å². The van der Waals surface area contributed by atoms with Crippen LogP contribution in [-0.2, 0) is 7.05 Å². The molecule has 1 aromatic heterocycles. The van der Waals surface area contributed by atoms with Crippen LogP contribution in [0, 0.1) is 0 Å². The Morgan fingerprint density at radius 2 is 1.68 bits per heavy atom. The van der Waals surface area contributed by atoms with Gasteiger partial charge >= 0.3 is 5.13 Å². The fraction of sp³-hybridized carbons (Fsp3) is 0.320. The highest BCUT2D eigenvalue weighted by Gasteiger charge is 2.18. The average molecular weight is 434 g/mol. The standard InChI is InChI=1S/C25H31N5S/c1-6-29(17-18-30(3,4)5)21-14-12-20(13-15-21)26-27-25-28(2)23-16-11-19-9-7-8-10-22(19)24(23)31-25/h7-16H,6,17-18H2,1-5H3/q+2. The number of quaternary nitrogens is 1. The number of hydrogen-bond donors (Lipinski definition) is 0. The third-order valence-electron chi connectivity index (χ3n) is 5.59. The number of aryl methyl sites for hydroxylation is 1. The van der Waals surface area contributed by atoms with Gasteiger partial charge < -0.3 is 9.38 Å². The van der Waals surface area contributed by atoms with Gasteiger partial charge in [-0.2, -0.15) is 0 Å². The van der Waals surface area contributed by atoms with Gasteiger partial charge in [0.2, 0.25) is 0 Å². The Labute approximate surface area is 188 Å². The number of rotatable bonds is 7. The topological polar surface area (TPSA) is 31.8 Å². The summed E-state index contributed by atoms with van der Waals surface area (Å²) in [6.07, 6.45) is 0. The van der Waals surface area contributed by atoms with E-state index in [2.05, 4.69) is 115 Å². The van der Waals surface area contributed by atoms with E-state index in [-0.39, 0.29) is 0 Å². The van der Waals surface area contributed by atoms with Crippen LogP contribution in [0.3, 0.4) is 0 Å². The molecule has 0 fully saturated rings. The minimum absolute atomic E-state index is 0.869. The second-order valence-electron chi connectivity index (χ2n) is 8.89. The summed E-state index contributed by atoms with van der Waals surface area (Å²) in [5, 5.41) is 12.5. The van der Waals surface area contributed by atoms with Crippen LogP contribution in [0.1, 0.15) is 6.92 Å². The minimum Gasteiger partial charge on any atom is -0.366 e. The van der Waals surface area contributed by atoms with Crippen LogP contribution in [-0.4, -0.2) is 45.3 Å². The van der Waals surface area contributed by atoms with E-state index in [1.807, 2.05) is 0 Å². The van der Waals surface area contributed by atoms with Crippen molar-refractivity contribution < 1.29 is 9.05 Å². The number of azo groups is 1. The predicted octanol–water partition coefficient (Wildman–Crippen LogP) is 5.83. The lowest BCUT2D eigenvalue weighted by molar-refractivity contribution is -0.868. The number of benzene rings is 3. The van der Waals surface area contributed by atoms with E-state index in [1.54, 1.807) is 11.3 Å². The quantitative estimate of drug-likeness (QED) is 0.205. The van der Waals surface area contributed by atoms with Crippen molar-refractivity contribution in [3.8, 4) is 0 Å². The Kier molecular flexibility index (Phi) is 6.03. The summed E-state index contributed by atoms with van der Waals surface area (Å²) in [5.41, 5.74) is 3.28. The van der Waals surface area contributed by atoms with E-state index >= 15 is 0 Å². The van der Waals surface area contributed by atoms with Crippen LogP contribution in [0.5, 0.6) is 0 Å². The highest BCUT2D eigenvalue weighted by atomic mass is 32.1. The van der Waals surface area contributed by atoms with Crippen molar-refractivity contribution in [2.75, 3.05) is 45.7 Å². The zero-order valence-electron chi connectivity index (χ0n) is 19.0. The van der Waals surface area contributed by atoms with Crippen LogP contribution in [0.4, 0.5) is 16.5 Å². The molecule has 31 heavy (non-hydrogen) atoms. The molecular weight excluding hydrogens is 402 g/mol. The van der Waals surface area contributed by atoms with E-state index in [9.17, 15) is 0 Å². The molecule has 0 aliphatic carbocycles. The molecule has 6 heteroatoms. The number of likely N-dealkylation sites (N-methyl/N-ethyl adjacent to an activating group) is 2. The Morgan fingerprint density at radius 1 is 0.935 bits per heavy atom. The third kappa shape index (κ3) is 4.75. The van der Waals surface area contributed by atoms with Crippen molar-refractivity contribution >= 4 is 48.8 Å². The van der Waals surface area contributed by atoms with Crippen molar-refractivity contribution in [2.24, 2.45) is 17.3 Å². The molecule has 0 saturated heterocycles. The van der Waals surface area contributed by atoms with Gasteiger partial charge in [0.25, 0.3) is 0 Å². The SMILES string of the molecule is CCN(CC[N+](C)(C)C)c1ccc(/N=N/c2sc3c4ccccc4ccc3[n+]2C)cc1. The van der Waals surface area contributed by atoms with E-state index in [4.69, 9.17) is 0 Å². The number of anilines is 1. The van der Waals surface area contributed by atoms with E-state index in [0.29, 0.717) is 0 Å². The molecule has 4 aromatic rings. The lowest BCUT2D eigenvalue weighted by Gasteiger charge is -2.29. The van der Waals surface area contributed by atoms with Gasteiger partial charge in [-0.25, -0.2) is 4.57 Å². The molecule has 0 atom stereocenters. The largest absolute Gasteiger partial charge is 0.409 e. The van der Waals surface area contributed by atoms with Gasteiger partial charge in [-0.05, 0) is 59.1 Å². The molecule has 0 aliphatic heterocycles. The van der Waals surface area contributed by atoms with Crippen LogP contribution >= 0.6 is 11.3 Å². The second-order valence-corrected chi connectivity index (χ2v) is 9.87. The Morgan fingerprint density at radius 3 is 2.39 bits per heavy atom. The van der Waals surface area contributed by atoms with Crippen molar-refractivity contribution in [1.29, 1.82) is 0 Å². The fourth-order valence-corrected chi connectivity index (χ4v) is 4.78. The van der Waals surface area contributed by atoms with Crippen LogP contribution < -0.4 is 9.47 Å². The van der Waals surface area contributed by atoms with E-state index in [1.165, 1.54) is 26.7 Å². The first-order chi connectivity index (χ1) is 14.9. The van der Waals surface area contributed by atoms with Gasteiger partial charge in [-0.3, -0.25) is 0 Å². The molecule has 0 radical (unpaired) electrons. The summed E-state index contributed by atoms with van der Waals surface area (Å²) < 4.78 is 4.33. The van der Waals surface area contributed by atoms with E-state index < -0.39 is 0 Å². The van der Waals surface area contributed by atoms with Crippen LogP contribution in [0.2, 0.25) is 0 Å². The zero-order valence-corrected chi connectivity index (χ0v) is 19.9. The van der Waals surface area contributed by atoms with E-state index in [0.717, 1.165) is 34.9 Å². The Balaban J connectivity index is 1.55. The molecule has 160 valence electrons. The highest BCUT2D eigenvalue weighted by Crippen LogP contribution is 2.33. The monoisotopic (exact) mass is 433 g/mol. The van der Waals surface area contributed by atoms with Crippen molar-refractivity contribution in [1.82, 2.24) is 0 Å². The molecule has 0 unspecified atom stereocenters. The van der Waals surface area contributed by atoms with Gasteiger partial charge in [-0.15, -0.1) is 0 Å². The van der Waals surface area contributed by atoms with Gasteiger partial charge in [0.1, 0.15) is 11.2 Å². The predicted molar refractivity (Wildman–Crippen MR) is 132 cm³/mol. The smallest absolute Gasteiger partial charge is 0.366 e. The maximum Gasteiger partial charge on any atom is 0.409 e. The van der Waals surface area contributed by atoms with Crippen molar-refractivity contribution in [3.63, 3.8) is 0 Å². The zero-order chi connectivity index (χ0) is 22.0. The first kappa shape index (κ1) is 21.4. The van der Waals surface area contributed by atoms with Gasteiger partial charge in [0.05, 0.1) is 51.1 Å². The second kappa shape index (κ2) is 8.73. The lowest BCUT2D eigenvalue weighted by atomic mass is 10.1. The molecule has 0 amide bonds. The number of aromatic nitrogens is 1. The Hall–Kier alpha value is -2.83. The van der Waals surface area contributed by atoms with Gasteiger partial charge in [-0.1, -0.05) is 30.3 Å². The fourth-order valence-electron chi connectivity index (χ4n) is 3.67. The Bertz CT molecular complexity index is 1220. The lowest BCUT2D eigenvalue weighted by Crippen LogP contribution is -2.42. The maximum absolute atomic E-state index is 4.57. The maximum atomic E-state index is 4.57. The minimum atomic E-state index is 0.869. The first-order valence-corrected chi connectivity index (χ1v) is 11.5. The molecule has 4 rings (SSSR count). The molecule has 0 spiro atoms. The van der Waals surface area contributed by atoms with Gasteiger partial charge in [0.15, 0.2) is 0 Å². The molecule has 3 aromatic carbocycles. The third-order valence-corrected chi connectivity index (χ3v) is 6.76. The van der Waals surface area contributed by atoms with Crippen LogP contribution in [0.15, 0.2) is 70.9 Å². The number of nitrogens with zero attached hydrogens (tertiary/aromatic N) is 5. The molecule has 0 aliphatic rings. The average Bonchev–Trinajstić information content (AvgIpc) is 3.09. The molecule has 5 nitrogen and oxygen atoms in total.